The quantitative estimate of drug-likeness (QED) is 0.110. The lowest BCUT2D eigenvalue weighted by atomic mass is 9.28. The summed E-state index contributed by atoms with van der Waals surface area (Å²) in [6.07, 6.45) is 0. The van der Waals surface area contributed by atoms with E-state index in [4.69, 9.17) is 0 Å². The van der Waals surface area contributed by atoms with E-state index in [1.54, 1.807) is 0 Å². The minimum Gasteiger partial charge on any atom is -0.377 e. The predicted octanol–water partition coefficient (Wildman–Crippen LogP) is 14.4. The monoisotopic (exact) mass is 1010 g/mol. The van der Waals surface area contributed by atoms with Crippen LogP contribution in [0.1, 0.15) is 105 Å². The fraction of sp³-hybridized carbons (Fsp3) is 0.216. The van der Waals surface area contributed by atoms with Crippen molar-refractivity contribution in [2.45, 2.75) is 105 Å². The van der Waals surface area contributed by atoms with Gasteiger partial charge in [0.05, 0.1) is 0 Å². The average molecular weight is 1010 g/mol. The molecule has 0 aromatic heterocycles. The molecule has 0 bridgehead atoms. The third-order valence-electron chi connectivity index (χ3n) is 19.7. The van der Waals surface area contributed by atoms with Gasteiger partial charge in [-0.2, -0.15) is 0 Å². The Bertz CT molecular complexity index is 4390. The Morgan fingerprint density at radius 2 is 0.595 bits per heavy atom. The molecule has 0 fully saturated rings. The molecule has 0 saturated heterocycles. The third-order valence-corrected chi connectivity index (χ3v) is 19.7. The second kappa shape index (κ2) is 14.7. The highest BCUT2D eigenvalue weighted by atomic mass is 15.1. The Balaban J connectivity index is 1.16. The number of nitrogens with zero attached hydrogens (tertiary/aromatic N) is 2. The van der Waals surface area contributed by atoms with Crippen LogP contribution in [0.4, 0.5) is 22.7 Å². The molecule has 0 saturated carbocycles. The van der Waals surface area contributed by atoms with Crippen LogP contribution in [0.2, 0.25) is 0 Å². The van der Waals surface area contributed by atoms with Crippen LogP contribution in [0.25, 0.3) is 87.6 Å². The van der Waals surface area contributed by atoms with Crippen molar-refractivity contribution in [3.05, 3.63) is 186 Å². The third kappa shape index (κ3) is 5.77. The fourth-order valence-electron chi connectivity index (χ4n) is 16.0. The maximum absolute atomic E-state index is 2.93. The molecule has 6 aliphatic heterocycles. The molecular weight excluding hydrogens is 949 g/mol. The molecular formula is C74H63B3N2. The zero-order chi connectivity index (χ0) is 53.9. The first-order chi connectivity index (χ1) is 37.8. The van der Waals surface area contributed by atoms with Crippen LogP contribution < -0.4 is 47.9 Å². The summed E-state index contributed by atoms with van der Waals surface area (Å²) in [4.78, 5) is 5.85. The van der Waals surface area contributed by atoms with E-state index < -0.39 is 0 Å². The van der Waals surface area contributed by atoms with Crippen LogP contribution >= 0.6 is 0 Å². The zero-order valence-electron chi connectivity index (χ0n) is 47.7. The summed E-state index contributed by atoms with van der Waals surface area (Å²) in [5.74, 6) is 0. The van der Waals surface area contributed by atoms with Crippen molar-refractivity contribution in [3.63, 3.8) is 0 Å². The summed E-state index contributed by atoms with van der Waals surface area (Å²) in [7, 11) is 0. The molecule has 6 heterocycles. The summed E-state index contributed by atoms with van der Waals surface area (Å²) < 4.78 is 0. The molecule has 0 aliphatic carbocycles. The van der Waals surface area contributed by atoms with Crippen molar-refractivity contribution in [2.75, 3.05) is 9.62 Å². The first-order valence-electron chi connectivity index (χ1n) is 29.1. The van der Waals surface area contributed by atoms with Gasteiger partial charge in [-0.05, 0) is 166 Å². The number of rotatable bonds is 0. The Labute approximate surface area is 466 Å². The second-order valence-corrected chi connectivity index (χ2v) is 28.3. The molecule has 5 heteroatoms. The average Bonchev–Trinajstić information content (AvgIpc) is 2.71. The van der Waals surface area contributed by atoms with Gasteiger partial charge in [0.2, 0.25) is 0 Å². The standard InChI is InChI=1S/C74H63B3N2/c1-71(2,3)40-29-31-48-54-33-42(73(7,8)9)37-60-67(54)78-69-56(62-50-25-17-13-21-44(50)46-23-15-19-27-52(46)64(62)76(78)58(48)35-40)39-57-63-51-26-18-14-22-45(51)47-24-16-20-28-53(47)65(63)77-59-36-41(72(4,5)6)30-32-49(59)55-34-43(74(10,11)12)38-61-68(55)79(77)70(57)66(69)75(60)61/h13-39H,1-12H3. The topological polar surface area (TPSA) is 6.48 Å². The highest BCUT2D eigenvalue weighted by Crippen LogP contribution is 2.58. The minimum absolute atomic E-state index is 0.0445. The molecule has 0 amide bonds. The second-order valence-electron chi connectivity index (χ2n) is 28.3. The molecule has 2 nitrogen and oxygen atoms in total. The van der Waals surface area contributed by atoms with Crippen molar-refractivity contribution in [1.82, 2.24) is 0 Å². The van der Waals surface area contributed by atoms with E-state index in [1.165, 1.54) is 171 Å². The lowest BCUT2D eigenvalue weighted by Crippen LogP contribution is -2.72. The van der Waals surface area contributed by atoms with Crippen LogP contribution in [0.15, 0.2) is 164 Å². The molecule has 378 valence electrons. The van der Waals surface area contributed by atoms with E-state index in [2.05, 4.69) is 256 Å². The van der Waals surface area contributed by atoms with Gasteiger partial charge < -0.3 is 9.62 Å². The Morgan fingerprint density at radius 1 is 0.266 bits per heavy atom. The number of fused-ring (bicyclic) bond motifs is 24. The fourth-order valence-corrected chi connectivity index (χ4v) is 16.0. The van der Waals surface area contributed by atoms with Crippen LogP contribution in [0.3, 0.4) is 0 Å². The molecule has 17 rings (SSSR count). The SMILES string of the molecule is CC(C)(C)c1ccc2c(c1)B1c3c(c4ccccc4c4ccccc34)-c3cc4c5c6c3N1c1c(cc(C(C)(C)C)cc1-2)B6c1cc(C(C)(C)C)cc2c1N5B(c1cc(C(C)(C)C)ccc1-2)c1c-4c2ccccc2c2ccccc12. The molecule has 0 N–H and O–H groups in total. The minimum atomic E-state index is -0.111. The Morgan fingerprint density at radius 3 is 0.962 bits per heavy atom. The molecule has 11 aromatic carbocycles. The number of benzene rings is 11. The largest absolute Gasteiger partial charge is 0.377 e. The molecule has 0 spiro atoms. The predicted molar refractivity (Wildman–Crippen MR) is 345 cm³/mol. The first kappa shape index (κ1) is 46.2. The van der Waals surface area contributed by atoms with Gasteiger partial charge in [-0.15, -0.1) is 0 Å². The highest BCUT2D eigenvalue weighted by molar-refractivity contribution is 7.06. The lowest BCUT2D eigenvalue weighted by Gasteiger charge is -2.56. The highest BCUT2D eigenvalue weighted by Gasteiger charge is 2.58. The van der Waals surface area contributed by atoms with Crippen LogP contribution in [-0.2, 0) is 21.7 Å². The zero-order valence-corrected chi connectivity index (χ0v) is 47.7. The summed E-state index contributed by atoms with van der Waals surface area (Å²) in [6, 6.07) is 65.9. The molecule has 0 unspecified atom stereocenters. The van der Waals surface area contributed by atoms with Crippen molar-refractivity contribution >= 4 is 124 Å². The molecule has 0 atom stereocenters. The normalized spacial score (nSPS) is 15.0. The van der Waals surface area contributed by atoms with E-state index in [0.29, 0.717) is 0 Å². The summed E-state index contributed by atoms with van der Waals surface area (Å²) in [5, 5.41) is 10.6. The van der Waals surface area contributed by atoms with Crippen molar-refractivity contribution in [1.29, 1.82) is 0 Å². The lowest BCUT2D eigenvalue weighted by molar-refractivity contribution is 0.590. The van der Waals surface area contributed by atoms with Crippen molar-refractivity contribution in [2.24, 2.45) is 0 Å². The van der Waals surface area contributed by atoms with Gasteiger partial charge in [0, 0.05) is 45.0 Å². The molecule has 0 radical (unpaired) electrons. The van der Waals surface area contributed by atoms with Crippen LogP contribution in [-0.4, -0.2) is 20.4 Å². The molecule has 6 aliphatic rings. The van der Waals surface area contributed by atoms with Gasteiger partial charge in [0.1, 0.15) is 0 Å². The summed E-state index contributed by atoms with van der Waals surface area (Å²) in [5.41, 5.74) is 31.7. The van der Waals surface area contributed by atoms with Gasteiger partial charge in [-0.3, -0.25) is 0 Å². The van der Waals surface area contributed by atoms with Gasteiger partial charge in [-0.1, -0.05) is 229 Å². The summed E-state index contributed by atoms with van der Waals surface area (Å²) >= 11 is 0. The summed E-state index contributed by atoms with van der Waals surface area (Å²) in [6.45, 7) is 28.6. The number of anilines is 4. The van der Waals surface area contributed by atoms with Crippen LogP contribution in [0.5, 0.6) is 0 Å². The van der Waals surface area contributed by atoms with Gasteiger partial charge in [-0.25, -0.2) is 0 Å². The van der Waals surface area contributed by atoms with E-state index in [0.717, 1.165) is 0 Å². The van der Waals surface area contributed by atoms with Crippen molar-refractivity contribution < 1.29 is 0 Å². The van der Waals surface area contributed by atoms with Gasteiger partial charge in [0.15, 0.2) is 0 Å². The van der Waals surface area contributed by atoms with E-state index in [9.17, 15) is 0 Å². The smallest absolute Gasteiger partial charge is 0.330 e. The first-order valence-corrected chi connectivity index (χ1v) is 29.1. The molecule has 79 heavy (non-hydrogen) atoms. The van der Waals surface area contributed by atoms with Gasteiger partial charge >= 0.3 is 13.7 Å². The van der Waals surface area contributed by atoms with E-state index in [-0.39, 0.29) is 42.1 Å². The van der Waals surface area contributed by atoms with E-state index >= 15 is 0 Å². The number of hydrogen-bond acceptors (Lipinski definition) is 2. The maximum atomic E-state index is 2.93. The van der Waals surface area contributed by atoms with Crippen molar-refractivity contribution in [3.8, 4) is 44.5 Å². The molecule has 11 aromatic rings. The Kier molecular flexibility index (Phi) is 8.61. The number of hydrogen-bond donors (Lipinski definition) is 0. The van der Waals surface area contributed by atoms with E-state index in [1.807, 2.05) is 0 Å². The van der Waals surface area contributed by atoms with Gasteiger partial charge in [0.25, 0.3) is 6.71 Å². The van der Waals surface area contributed by atoms with Crippen LogP contribution in [0, 0.1) is 0 Å². The Hall–Kier alpha value is -7.75. The maximum Gasteiger partial charge on any atom is 0.330 e.